The van der Waals surface area contributed by atoms with Crippen LogP contribution in [0.2, 0.25) is 0 Å². The van der Waals surface area contributed by atoms with Crippen LogP contribution in [0.4, 0.5) is 11.8 Å². The van der Waals surface area contributed by atoms with Gasteiger partial charge in [-0.15, -0.1) is 5.10 Å². The minimum absolute atomic E-state index is 0.0114. The standard InChI is InChI=1S/C9H11N5O3S/c1-6-12-13-9(17-6)14-18(15,16)7-3-4-8(10-2)11-5-7/h3-5H,1-2H3,(H,10,11)(H,13,14). The van der Waals surface area contributed by atoms with Crippen molar-refractivity contribution in [1.82, 2.24) is 15.2 Å². The van der Waals surface area contributed by atoms with E-state index in [9.17, 15) is 8.42 Å². The lowest BCUT2D eigenvalue weighted by Gasteiger charge is -2.04. The van der Waals surface area contributed by atoms with E-state index in [0.29, 0.717) is 5.82 Å². The molecular weight excluding hydrogens is 258 g/mol. The van der Waals surface area contributed by atoms with Gasteiger partial charge in [0.1, 0.15) is 10.7 Å². The van der Waals surface area contributed by atoms with Crippen molar-refractivity contribution >= 4 is 21.9 Å². The average Bonchev–Trinajstić information content (AvgIpc) is 2.74. The van der Waals surface area contributed by atoms with Gasteiger partial charge in [-0.2, -0.15) is 0 Å². The second-order valence-electron chi connectivity index (χ2n) is 3.36. The molecule has 0 aromatic carbocycles. The van der Waals surface area contributed by atoms with Gasteiger partial charge >= 0.3 is 6.01 Å². The summed E-state index contributed by atoms with van der Waals surface area (Å²) in [5, 5.41) is 9.86. The molecule has 0 aliphatic heterocycles. The zero-order valence-corrected chi connectivity index (χ0v) is 10.5. The normalized spacial score (nSPS) is 11.2. The minimum atomic E-state index is -3.76. The highest BCUT2D eigenvalue weighted by atomic mass is 32.2. The van der Waals surface area contributed by atoms with Crippen LogP contribution in [0.1, 0.15) is 5.89 Å². The van der Waals surface area contributed by atoms with Gasteiger partial charge in [-0.3, -0.25) is 0 Å². The second kappa shape index (κ2) is 4.61. The molecule has 0 saturated carbocycles. The topological polar surface area (TPSA) is 110 Å². The van der Waals surface area contributed by atoms with Gasteiger partial charge in [0.2, 0.25) is 5.89 Å². The lowest BCUT2D eigenvalue weighted by atomic mass is 10.5. The molecule has 8 nitrogen and oxygen atoms in total. The van der Waals surface area contributed by atoms with E-state index in [1.165, 1.54) is 12.3 Å². The summed E-state index contributed by atoms with van der Waals surface area (Å²) in [7, 11) is -2.07. The Bertz CT molecular complexity index is 634. The smallest absolute Gasteiger partial charge is 0.329 e. The first-order valence-corrected chi connectivity index (χ1v) is 6.46. The van der Waals surface area contributed by atoms with Crippen LogP contribution in [-0.4, -0.2) is 30.6 Å². The van der Waals surface area contributed by atoms with Crippen molar-refractivity contribution in [3.8, 4) is 0 Å². The van der Waals surface area contributed by atoms with Crippen LogP contribution in [0.15, 0.2) is 27.6 Å². The summed E-state index contributed by atoms with van der Waals surface area (Å²) >= 11 is 0. The SMILES string of the molecule is CNc1ccc(S(=O)(=O)Nc2nnc(C)o2)cn1. The molecule has 0 aliphatic rings. The Morgan fingerprint density at radius 3 is 2.56 bits per heavy atom. The molecule has 18 heavy (non-hydrogen) atoms. The van der Waals surface area contributed by atoms with Crippen molar-refractivity contribution in [2.24, 2.45) is 0 Å². The van der Waals surface area contributed by atoms with Crippen LogP contribution in [-0.2, 0) is 10.0 Å². The van der Waals surface area contributed by atoms with Crippen molar-refractivity contribution < 1.29 is 12.8 Å². The Hall–Kier alpha value is -2.16. The van der Waals surface area contributed by atoms with Gasteiger partial charge < -0.3 is 9.73 Å². The van der Waals surface area contributed by atoms with Gasteiger partial charge in [-0.05, 0) is 12.1 Å². The molecule has 0 spiro atoms. The molecule has 2 N–H and O–H groups in total. The highest BCUT2D eigenvalue weighted by Gasteiger charge is 2.17. The number of nitrogens with one attached hydrogen (secondary N) is 2. The molecule has 0 bridgehead atoms. The highest BCUT2D eigenvalue weighted by molar-refractivity contribution is 7.92. The molecule has 0 aliphatic carbocycles. The summed E-state index contributed by atoms with van der Waals surface area (Å²) in [6.45, 7) is 1.56. The Morgan fingerprint density at radius 2 is 2.06 bits per heavy atom. The maximum Gasteiger partial charge on any atom is 0.329 e. The van der Waals surface area contributed by atoms with Gasteiger partial charge in [-0.1, -0.05) is 5.10 Å². The van der Waals surface area contributed by atoms with Crippen molar-refractivity contribution in [3.05, 3.63) is 24.2 Å². The summed E-state index contributed by atoms with van der Waals surface area (Å²) < 4.78 is 30.9. The Kier molecular flexibility index (Phi) is 3.15. The summed E-state index contributed by atoms with van der Waals surface area (Å²) in [4.78, 5) is 3.92. The molecule has 2 aromatic rings. The number of nitrogens with zero attached hydrogens (tertiary/aromatic N) is 3. The molecule has 0 atom stereocenters. The summed E-state index contributed by atoms with van der Waals surface area (Å²) in [5.41, 5.74) is 0. The van der Waals surface area contributed by atoms with E-state index in [-0.39, 0.29) is 16.8 Å². The molecule has 0 saturated heterocycles. The summed E-state index contributed by atoms with van der Waals surface area (Å²) in [5.74, 6) is 0.846. The van der Waals surface area contributed by atoms with E-state index in [2.05, 4.69) is 25.2 Å². The second-order valence-corrected chi connectivity index (χ2v) is 5.04. The largest absolute Gasteiger partial charge is 0.408 e. The van der Waals surface area contributed by atoms with E-state index >= 15 is 0 Å². The molecule has 2 aromatic heterocycles. The van der Waals surface area contributed by atoms with Crippen LogP contribution in [0.3, 0.4) is 0 Å². The zero-order chi connectivity index (χ0) is 13.2. The molecule has 2 heterocycles. The zero-order valence-electron chi connectivity index (χ0n) is 9.71. The predicted molar refractivity (Wildman–Crippen MR) is 63.6 cm³/mol. The maximum absolute atomic E-state index is 11.9. The maximum atomic E-state index is 11.9. The van der Waals surface area contributed by atoms with Crippen molar-refractivity contribution in [2.45, 2.75) is 11.8 Å². The number of sulfonamides is 1. The summed E-state index contributed by atoms with van der Waals surface area (Å²) in [6, 6.07) is 2.79. The van der Waals surface area contributed by atoms with Crippen LogP contribution < -0.4 is 10.0 Å². The average molecular weight is 269 g/mol. The quantitative estimate of drug-likeness (QED) is 0.836. The van der Waals surface area contributed by atoms with Crippen LogP contribution in [0, 0.1) is 6.92 Å². The van der Waals surface area contributed by atoms with Crippen molar-refractivity contribution in [2.75, 3.05) is 17.1 Å². The number of pyridine rings is 1. The third-order valence-electron chi connectivity index (χ3n) is 2.05. The van der Waals surface area contributed by atoms with Gasteiger partial charge in [0.05, 0.1) is 0 Å². The van der Waals surface area contributed by atoms with Gasteiger partial charge in [0, 0.05) is 20.2 Å². The lowest BCUT2D eigenvalue weighted by molar-refractivity contribution is 0.534. The fourth-order valence-corrected chi connectivity index (χ4v) is 2.07. The molecule has 9 heteroatoms. The third-order valence-corrected chi connectivity index (χ3v) is 3.36. The van der Waals surface area contributed by atoms with E-state index in [1.54, 1.807) is 20.0 Å². The van der Waals surface area contributed by atoms with Gasteiger partial charge in [0.15, 0.2) is 0 Å². The highest BCUT2D eigenvalue weighted by Crippen LogP contribution is 2.15. The van der Waals surface area contributed by atoms with Gasteiger partial charge in [-0.25, -0.2) is 18.1 Å². The van der Waals surface area contributed by atoms with Crippen molar-refractivity contribution in [3.63, 3.8) is 0 Å². The van der Waals surface area contributed by atoms with E-state index in [1.807, 2.05) is 0 Å². The summed E-state index contributed by atoms with van der Waals surface area (Å²) in [6.07, 6.45) is 1.23. The first-order valence-electron chi connectivity index (χ1n) is 4.98. The number of hydrogen-bond donors (Lipinski definition) is 2. The first kappa shape index (κ1) is 12.3. The van der Waals surface area contributed by atoms with Crippen LogP contribution in [0.25, 0.3) is 0 Å². The van der Waals surface area contributed by atoms with Crippen molar-refractivity contribution in [1.29, 1.82) is 0 Å². The predicted octanol–water partition coefficient (Wildman–Crippen LogP) is 0.616. The van der Waals surface area contributed by atoms with E-state index in [0.717, 1.165) is 0 Å². The number of aromatic nitrogens is 3. The number of anilines is 2. The van der Waals surface area contributed by atoms with Gasteiger partial charge in [0.25, 0.3) is 10.0 Å². The molecule has 2 rings (SSSR count). The number of aryl methyl sites for hydroxylation is 1. The van der Waals surface area contributed by atoms with E-state index in [4.69, 9.17) is 4.42 Å². The molecule has 0 fully saturated rings. The number of rotatable bonds is 4. The van der Waals surface area contributed by atoms with E-state index < -0.39 is 10.0 Å². The molecule has 96 valence electrons. The molecule has 0 unspecified atom stereocenters. The Morgan fingerprint density at radius 1 is 1.28 bits per heavy atom. The Balaban J connectivity index is 2.24. The third kappa shape index (κ3) is 2.56. The molecular formula is C9H11N5O3S. The van der Waals surface area contributed by atoms with Crippen LogP contribution in [0.5, 0.6) is 0 Å². The first-order chi connectivity index (χ1) is 8.51. The molecule has 0 radical (unpaired) electrons. The molecule has 0 amide bonds. The monoisotopic (exact) mass is 269 g/mol. The lowest BCUT2D eigenvalue weighted by Crippen LogP contribution is -2.13. The van der Waals surface area contributed by atoms with Crippen LogP contribution >= 0.6 is 0 Å². The minimum Gasteiger partial charge on any atom is -0.408 e. The fourth-order valence-electron chi connectivity index (χ4n) is 1.20. The fraction of sp³-hybridized carbons (Fsp3) is 0.222. The number of hydrogen-bond acceptors (Lipinski definition) is 7. The Labute approximate surface area is 104 Å².